The average Bonchev–Trinajstić information content (AvgIpc) is 3.09. The quantitative estimate of drug-likeness (QED) is 0.703. The number of amides is 2. The smallest absolute Gasteiger partial charge is 0.286 e. The van der Waals surface area contributed by atoms with Crippen molar-refractivity contribution in [2.75, 3.05) is 6.54 Å². The van der Waals surface area contributed by atoms with E-state index in [2.05, 4.69) is 20.6 Å². The summed E-state index contributed by atoms with van der Waals surface area (Å²) in [6.07, 6.45) is 4.82. The van der Waals surface area contributed by atoms with Crippen LogP contribution in [0, 0.1) is 0 Å². The number of imidazole rings is 1. The van der Waals surface area contributed by atoms with Crippen molar-refractivity contribution in [3.8, 4) is 0 Å². The van der Waals surface area contributed by atoms with E-state index in [4.69, 9.17) is 4.42 Å². The number of hydrogen-bond acceptors (Lipinski definition) is 4. The third-order valence-electron chi connectivity index (χ3n) is 2.41. The van der Waals surface area contributed by atoms with E-state index in [1.54, 1.807) is 24.7 Å². The molecule has 19 heavy (non-hydrogen) atoms. The maximum absolute atomic E-state index is 11.5. The summed E-state index contributed by atoms with van der Waals surface area (Å²) in [6, 6.07) is 3.19. The summed E-state index contributed by atoms with van der Waals surface area (Å²) in [5.41, 5.74) is 0.827. The van der Waals surface area contributed by atoms with Gasteiger partial charge in [-0.25, -0.2) is 4.98 Å². The third-order valence-corrected chi connectivity index (χ3v) is 2.41. The van der Waals surface area contributed by atoms with Gasteiger partial charge in [0, 0.05) is 19.2 Å². The van der Waals surface area contributed by atoms with Gasteiger partial charge < -0.3 is 20.0 Å². The van der Waals surface area contributed by atoms with E-state index in [1.807, 2.05) is 0 Å². The maximum Gasteiger partial charge on any atom is 0.286 e. The van der Waals surface area contributed by atoms with E-state index in [9.17, 15) is 9.59 Å². The highest BCUT2D eigenvalue weighted by molar-refractivity contribution is 5.91. The molecular formula is C12H14N4O3. The van der Waals surface area contributed by atoms with Crippen molar-refractivity contribution < 1.29 is 14.0 Å². The topological polar surface area (TPSA) is 100 Å². The molecule has 0 saturated carbocycles. The van der Waals surface area contributed by atoms with E-state index in [-0.39, 0.29) is 30.5 Å². The second-order valence-corrected chi connectivity index (χ2v) is 3.84. The Hall–Kier alpha value is -2.57. The molecule has 0 fully saturated rings. The zero-order chi connectivity index (χ0) is 13.5. The number of carbonyl (C=O) groups is 2. The van der Waals surface area contributed by atoms with Gasteiger partial charge in [-0.15, -0.1) is 0 Å². The minimum atomic E-state index is -0.327. The minimum absolute atomic E-state index is 0.144. The van der Waals surface area contributed by atoms with E-state index >= 15 is 0 Å². The number of furan rings is 1. The minimum Gasteiger partial charge on any atom is -0.459 e. The number of nitrogens with zero attached hydrogens (tertiary/aromatic N) is 1. The lowest BCUT2D eigenvalue weighted by Crippen LogP contribution is -2.30. The number of aromatic nitrogens is 2. The monoisotopic (exact) mass is 262 g/mol. The van der Waals surface area contributed by atoms with Crippen LogP contribution in [0.5, 0.6) is 0 Å². The van der Waals surface area contributed by atoms with Crippen molar-refractivity contribution in [1.29, 1.82) is 0 Å². The maximum atomic E-state index is 11.5. The Morgan fingerprint density at radius 3 is 2.95 bits per heavy atom. The molecule has 0 spiro atoms. The number of carbonyl (C=O) groups excluding carboxylic acids is 2. The van der Waals surface area contributed by atoms with Crippen LogP contribution in [0.3, 0.4) is 0 Å². The Kier molecular flexibility index (Phi) is 4.33. The number of nitrogens with one attached hydrogen (secondary N) is 3. The van der Waals surface area contributed by atoms with Gasteiger partial charge in [0.25, 0.3) is 5.91 Å². The lowest BCUT2D eigenvalue weighted by molar-refractivity contribution is -0.121. The van der Waals surface area contributed by atoms with Gasteiger partial charge in [-0.3, -0.25) is 9.59 Å². The molecule has 2 heterocycles. The summed E-state index contributed by atoms with van der Waals surface area (Å²) >= 11 is 0. The highest BCUT2D eigenvalue weighted by atomic mass is 16.3. The van der Waals surface area contributed by atoms with Crippen LogP contribution in [0.15, 0.2) is 35.3 Å². The highest BCUT2D eigenvalue weighted by Gasteiger charge is 2.08. The first-order chi connectivity index (χ1) is 9.25. The standard InChI is InChI=1S/C12H14N4O3/c17-11(15-7-9-6-13-8-16-9)3-4-14-12(18)10-2-1-5-19-10/h1-2,5-6,8H,3-4,7H2,(H,13,16)(H,14,18)(H,15,17). The van der Waals surface area contributed by atoms with Gasteiger partial charge >= 0.3 is 0 Å². The van der Waals surface area contributed by atoms with Gasteiger partial charge in [-0.05, 0) is 12.1 Å². The summed E-state index contributed by atoms with van der Waals surface area (Å²) in [6.45, 7) is 0.652. The molecule has 2 amide bonds. The summed E-state index contributed by atoms with van der Waals surface area (Å²) in [5, 5.41) is 5.30. The van der Waals surface area contributed by atoms with Crippen molar-refractivity contribution in [2.45, 2.75) is 13.0 Å². The number of H-pyrrole nitrogens is 1. The van der Waals surface area contributed by atoms with Crippen LogP contribution in [-0.4, -0.2) is 28.3 Å². The van der Waals surface area contributed by atoms with Gasteiger partial charge in [0.2, 0.25) is 5.91 Å². The van der Waals surface area contributed by atoms with Crippen molar-refractivity contribution in [1.82, 2.24) is 20.6 Å². The zero-order valence-electron chi connectivity index (χ0n) is 10.2. The molecule has 0 unspecified atom stereocenters. The van der Waals surface area contributed by atoms with E-state index in [0.29, 0.717) is 6.54 Å². The van der Waals surface area contributed by atoms with Gasteiger partial charge in [0.15, 0.2) is 5.76 Å². The highest BCUT2D eigenvalue weighted by Crippen LogP contribution is 1.98. The molecule has 7 nitrogen and oxygen atoms in total. The Morgan fingerprint density at radius 1 is 1.37 bits per heavy atom. The molecule has 0 aliphatic carbocycles. The van der Waals surface area contributed by atoms with Crippen molar-refractivity contribution in [2.24, 2.45) is 0 Å². The van der Waals surface area contributed by atoms with Gasteiger partial charge in [-0.2, -0.15) is 0 Å². The molecule has 0 bridgehead atoms. The second kappa shape index (κ2) is 6.39. The Morgan fingerprint density at radius 2 is 2.26 bits per heavy atom. The molecule has 3 N–H and O–H groups in total. The van der Waals surface area contributed by atoms with Crippen molar-refractivity contribution in [3.05, 3.63) is 42.4 Å². The number of hydrogen-bond donors (Lipinski definition) is 3. The SMILES string of the molecule is O=C(CCNC(=O)c1ccco1)NCc1cnc[nH]1. The van der Waals surface area contributed by atoms with Crippen LogP contribution in [0.2, 0.25) is 0 Å². The lowest BCUT2D eigenvalue weighted by Gasteiger charge is -2.04. The molecule has 100 valence electrons. The van der Waals surface area contributed by atoms with Gasteiger partial charge in [0.1, 0.15) is 0 Å². The van der Waals surface area contributed by atoms with E-state index in [1.165, 1.54) is 6.26 Å². The summed E-state index contributed by atoms with van der Waals surface area (Å²) in [7, 11) is 0. The second-order valence-electron chi connectivity index (χ2n) is 3.84. The fraction of sp³-hybridized carbons (Fsp3) is 0.250. The molecule has 2 aromatic heterocycles. The average molecular weight is 262 g/mol. The molecule has 0 radical (unpaired) electrons. The normalized spacial score (nSPS) is 10.1. The first-order valence-electron chi connectivity index (χ1n) is 5.81. The molecule has 2 rings (SSSR count). The Labute approximate surface area is 109 Å². The van der Waals surface area contributed by atoms with Crippen molar-refractivity contribution >= 4 is 11.8 Å². The third kappa shape index (κ3) is 3.98. The Balaban J connectivity index is 1.63. The lowest BCUT2D eigenvalue weighted by atomic mass is 10.3. The summed E-state index contributed by atoms with van der Waals surface area (Å²) < 4.78 is 4.93. The fourth-order valence-corrected chi connectivity index (χ4v) is 1.45. The zero-order valence-corrected chi connectivity index (χ0v) is 10.2. The Bertz CT molecular complexity index is 519. The van der Waals surface area contributed by atoms with Crippen LogP contribution < -0.4 is 10.6 Å². The fourth-order valence-electron chi connectivity index (χ4n) is 1.45. The number of aromatic amines is 1. The summed E-state index contributed by atoms with van der Waals surface area (Å²) in [5.74, 6) is -0.237. The van der Waals surface area contributed by atoms with Crippen LogP contribution in [-0.2, 0) is 11.3 Å². The molecule has 0 aromatic carbocycles. The molecule has 2 aromatic rings. The van der Waals surface area contributed by atoms with E-state index < -0.39 is 0 Å². The predicted molar refractivity (Wildman–Crippen MR) is 66.1 cm³/mol. The number of rotatable bonds is 6. The molecule has 7 heteroatoms. The van der Waals surface area contributed by atoms with E-state index in [0.717, 1.165) is 5.69 Å². The molecule has 0 saturated heterocycles. The summed E-state index contributed by atoms with van der Waals surface area (Å²) in [4.78, 5) is 29.7. The first kappa shape index (κ1) is 12.9. The molecule has 0 atom stereocenters. The first-order valence-corrected chi connectivity index (χ1v) is 5.81. The molecular weight excluding hydrogens is 248 g/mol. The van der Waals surface area contributed by atoms with Gasteiger partial charge in [-0.1, -0.05) is 0 Å². The van der Waals surface area contributed by atoms with Crippen LogP contribution in [0.4, 0.5) is 0 Å². The largest absolute Gasteiger partial charge is 0.459 e. The predicted octanol–water partition coefficient (Wildman–Crippen LogP) is 0.439. The molecule has 0 aliphatic rings. The van der Waals surface area contributed by atoms with Crippen molar-refractivity contribution in [3.63, 3.8) is 0 Å². The van der Waals surface area contributed by atoms with Gasteiger partial charge in [0.05, 0.1) is 24.8 Å². The van der Waals surface area contributed by atoms with Crippen LogP contribution in [0.1, 0.15) is 22.7 Å². The van der Waals surface area contributed by atoms with Crippen LogP contribution >= 0.6 is 0 Å². The molecule has 0 aliphatic heterocycles. The van der Waals surface area contributed by atoms with Crippen LogP contribution in [0.25, 0.3) is 0 Å².